The molecule has 0 radical (unpaired) electrons. The van der Waals surface area contributed by atoms with Gasteiger partial charge in [0.05, 0.1) is 17.5 Å². The lowest BCUT2D eigenvalue weighted by Gasteiger charge is -2.30. The molecule has 0 unspecified atom stereocenters. The zero-order valence-electron chi connectivity index (χ0n) is 16.7. The second-order valence-corrected chi connectivity index (χ2v) is 7.89. The number of likely N-dealkylation sites (tertiary alicyclic amines) is 1. The van der Waals surface area contributed by atoms with E-state index < -0.39 is 17.2 Å². The molecule has 0 aliphatic carbocycles. The average Bonchev–Trinajstić information content (AvgIpc) is 2.62. The highest BCUT2D eigenvalue weighted by Gasteiger charge is 2.31. The standard InChI is InChI=1S/C20H25F3N4O2/c1-12(2)27-17-9-13(20(21,22)23)6-7-15(17)19(29)16(25-27)10-18(28)24-14-5-4-8-26(3)11-14/h6-7,9,12,14H,4-5,8,10-11H2,1-3H3,(H,24,28)/t14-/m1/s1. The Morgan fingerprint density at radius 3 is 2.69 bits per heavy atom. The van der Waals surface area contributed by atoms with Gasteiger partial charge in [-0.2, -0.15) is 18.3 Å². The molecule has 1 aliphatic rings. The molecular formula is C20H25F3N4O2. The Morgan fingerprint density at radius 2 is 2.07 bits per heavy atom. The van der Waals surface area contributed by atoms with Gasteiger partial charge >= 0.3 is 6.18 Å². The van der Waals surface area contributed by atoms with Crippen LogP contribution >= 0.6 is 0 Å². The van der Waals surface area contributed by atoms with Crippen molar-refractivity contribution in [2.45, 2.75) is 51.4 Å². The average molecular weight is 410 g/mol. The minimum atomic E-state index is -4.52. The number of carbonyl (C=O) groups excluding carboxylic acids is 1. The van der Waals surface area contributed by atoms with Crippen LogP contribution in [0.3, 0.4) is 0 Å². The predicted molar refractivity (Wildman–Crippen MR) is 104 cm³/mol. The van der Waals surface area contributed by atoms with E-state index in [1.807, 2.05) is 7.05 Å². The van der Waals surface area contributed by atoms with Gasteiger partial charge in [0.2, 0.25) is 11.3 Å². The van der Waals surface area contributed by atoms with Gasteiger partial charge in [0.15, 0.2) is 0 Å². The Kier molecular flexibility index (Phi) is 5.97. The molecule has 3 rings (SSSR count). The van der Waals surface area contributed by atoms with Gasteiger partial charge in [-0.3, -0.25) is 14.3 Å². The molecule has 6 nitrogen and oxygen atoms in total. The fourth-order valence-electron chi connectivity index (χ4n) is 3.70. The molecule has 1 N–H and O–H groups in total. The Bertz CT molecular complexity index is 969. The number of nitrogens with one attached hydrogen (secondary N) is 1. The van der Waals surface area contributed by atoms with E-state index in [2.05, 4.69) is 15.3 Å². The summed E-state index contributed by atoms with van der Waals surface area (Å²) < 4.78 is 40.6. The van der Waals surface area contributed by atoms with E-state index in [0.717, 1.165) is 38.1 Å². The summed E-state index contributed by atoms with van der Waals surface area (Å²) in [6, 6.07) is 2.72. The van der Waals surface area contributed by atoms with Crippen LogP contribution in [0.15, 0.2) is 23.0 Å². The van der Waals surface area contributed by atoms with E-state index >= 15 is 0 Å². The van der Waals surface area contributed by atoms with Crippen molar-refractivity contribution in [3.63, 3.8) is 0 Å². The molecule has 29 heavy (non-hydrogen) atoms. The molecule has 2 heterocycles. The number of carbonyl (C=O) groups is 1. The van der Waals surface area contributed by atoms with Crippen molar-refractivity contribution in [2.24, 2.45) is 0 Å². The minimum absolute atomic E-state index is 0.0170. The maximum atomic E-state index is 13.1. The molecule has 1 aromatic heterocycles. The first-order valence-electron chi connectivity index (χ1n) is 9.67. The van der Waals surface area contributed by atoms with Crippen LogP contribution in [0, 0.1) is 0 Å². The quantitative estimate of drug-likeness (QED) is 0.842. The topological polar surface area (TPSA) is 67.2 Å². The zero-order chi connectivity index (χ0) is 21.3. The zero-order valence-corrected chi connectivity index (χ0v) is 16.7. The molecule has 0 spiro atoms. The molecule has 1 saturated heterocycles. The van der Waals surface area contributed by atoms with Gasteiger partial charge in [0.25, 0.3) is 0 Å². The fourth-order valence-corrected chi connectivity index (χ4v) is 3.70. The van der Waals surface area contributed by atoms with Crippen molar-refractivity contribution in [3.05, 3.63) is 39.7 Å². The molecule has 1 atom stereocenters. The SMILES string of the molecule is CC(C)n1nc(CC(=O)N[C@@H]2CCCN(C)C2)c(=O)c2ccc(C(F)(F)F)cc21. The summed E-state index contributed by atoms with van der Waals surface area (Å²) in [7, 11) is 1.99. The summed E-state index contributed by atoms with van der Waals surface area (Å²) in [6.45, 7) is 5.25. The van der Waals surface area contributed by atoms with Gasteiger partial charge < -0.3 is 10.2 Å². The van der Waals surface area contributed by atoms with Crippen molar-refractivity contribution in [1.29, 1.82) is 0 Å². The van der Waals surface area contributed by atoms with Crippen LogP contribution < -0.4 is 10.7 Å². The van der Waals surface area contributed by atoms with Crippen LogP contribution in [0.1, 0.15) is 44.0 Å². The molecule has 9 heteroatoms. The highest BCUT2D eigenvalue weighted by Crippen LogP contribution is 2.31. The monoisotopic (exact) mass is 410 g/mol. The number of alkyl halides is 3. The van der Waals surface area contributed by atoms with Crippen LogP contribution in [0.2, 0.25) is 0 Å². The third-order valence-electron chi connectivity index (χ3n) is 5.11. The highest BCUT2D eigenvalue weighted by atomic mass is 19.4. The lowest BCUT2D eigenvalue weighted by molar-refractivity contribution is -0.137. The summed E-state index contributed by atoms with van der Waals surface area (Å²) in [4.78, 5) is 27.4. The van der Waals surface area contributed by atoms with Crippen LogP contribution in [0.25, 0.3) is 10.9 Å². The normalized spacial score (nSPS) is 18.4. The van der Waals surface area contributed by atoms with Crippen LogP contribution in [0.4, 0.5) is 13.2 Å². The van der Waals surface area contributed by atoms with E-state index in [1.54, 1.807) is 13.8 Å². The number of aromatic nitrogens is 2. The Hall–Kier alpha value is -2.42. The number of hydrogen-bond acceptors (Lipinski definition) is 4. The Morgan fingerprint density at radius 1 is 1.34 bits per heavy atom. The van der Waals surface area contributed by atoms with Gasteiger partial charge in [0.1, 0.15) is 5.69 Å². The number of rotatable bonds is 4. The molecule has 158 valence electrons. The first kappa shape index (κ1) is 21.3. The number of piperidine rings is 1. The largest absolute Gasteiger partial charge is 0.416 e. The smallest absolute Gasteiger partial charge is 0.352 e. The third-order valence-corrected chi connectivity index (χ3v) is 5.11. The van der Waals surface area contributed by atoms with Crippen molar-refractivity contribution >= 4 is 16.8 Å². The first-order chi connectivity index (χ1) is 13.6. The van der Waals surface area contributed by atoms with Crippen molar-refractivity contribution in [1.82, 2.24) is 20.0 Å². The third kappa shape index (κ3) is 4.77. The second-order valence-electron chi connectivity index (χ2n) is 7.89. The van der Waals surface area contributed by atoms with Crippen molar-refractivity contribution in [2.75, 3.05) is 20.1 Å². The summed E-state index contributed by atoms with van der Waals surface area (Å²) in [5, 5.41) is 7.30. The highest BCUT2D eigenvalue weighted by molar-refractivity contribution is 5.82. The van der Waals surface area contributed by atoms with Crippen molar-refractivity contribution in [3.8, 4) is 0 Å². The van der Waals surface area contributed by atoms with E-state index in [9.17, 15) is 22.8 Å². The summed E-state index contributed by atoms with van der Waals surface area (Å²) in [6.07, 6.45) is -2.87. The molecule has 1 aliphatic heterocycles. The maximum Gasteiger partial charge on any atom is 0.416 e. The second kappa shape index (κ2) is 8.14. The van der Waals surface area contributed by atoms with E-state index in [4.69, 9.17) is 0 Å². The minimum Gasteiger partial charge on any atom is -0.352 e. The molecule has 0 saturated carbocycles. The summed E-state index contributed by atoms with van der Waals surface area (Å²) in [5.74, 6) is -0.309. The van der Waals surface area contributed by atoms with Crippen molar-refractivity contribution < 1.29 is 18.0 Å². The molecular weight excluding hydrogens is 385 g/mol. The predicted octanol–water partition coefficient (Wildman–Crippen LogP) is 2.75. The number of amides is 1. The molecule has 0 bridgehead atoms. The van der Waals surface area contributed by atoms with Crippen LogP contribution in [0.5, 0.6) is 0 Å². The van der Waals surface area contributed by atoms with Gasteiger partial charge in [-0.25, -0.2) is 0 Å². The van der Waals surface area contributed by atoms with E-state index in [-0.39, 0.29) is 41.0 Å². The number of hydrogen-bond donors (Lipinski definition) is 1. The first-order valence-corrected chi connectivity index (χ1v) is 9.67. The number of nitrogens with zero attached hydrogens (tertiary/aromatic N) is 3. The van der Waals surface area contributed by atoms with Gasteiger partial charge in [-0.05, 0) is 58.5 Å². The lowest BCUT2D eigenvalue weighted by Crippen LogP contribution is -2.47. The number of likely N-dealkylation sites (N-methyl/N-ethyl adjacent to an activating group) is 1. The molecule has 2 aromatic rings. The molecule has 1 aromatic carbocycles. The molecule has 1 fully saturated rings. The number of halogens is 3. The van der Waals surface area contributed by atoms with Gasteiger partial charge in [0, 0.05) is 24.0 Å². The Labute approximate surface area is 166 Å². The Balaban J connectivity index is 1.93. The summed E-state index contributed by atoms with van der Waals surface area (Å²) >= 11 is 0. The summed E-state index contributed by atoms with van der Waals surface area (Å²) in [5.41, 5.74) is -1.21. The lowest BCUT2D eigenvalue weighted by atomic mass is 10.1. The van der Waals surface area contributed by atoms with E-state index in [0.29, 0.717) is 0 Å². The van der Waals surface area contributed by atoms with E-state index in [1.165, 1.54) is 10.7 Å². The van der Waals surface area contributed by atoms with Crippen LogP contribution in [-0.2, 0) is 17.4 Å². The molecule has 1 amide bonds. The number of benzene rings is 1. The van der Waals surface area contributed by atoms with Gasteiger partial charge in [-0.1, -0.05) is 0 Å². The fraction of sp³-hybridized carbons (Fsp3) is 0.550. The van der Waals surface area contributed by atoms with Gasteiger partial charge in [-0.15, -0.1) is 0 Å². The van der Waals surface area contributed by atoms with Crippen LogP contribution in [-0.4, -0.2) is 46.8 Å². The number of fused-ring (bicyclic) bond motifs is 1. The maximum absolute atomic E-state index is 13.1.